The molecule has 0 saturated heterocycles. The Morgan fingerprint density at radius 3 is 2.61 bits per heavy atom. The van der Waals surface area contributed by atoms with E-state index < -0.39 is 11.7 Å². The smallest absolute Gasteiger partial charge is 0.256 e. The molecule has 0 unspecified atom stereocenters. The number of rotatable bonds is 5. The van der Waals surface area contributed by atoms with E-state index in [-0.39, 0.29) is 11.4 Å². The van der Waals surface area contributed by atoms with Crippen LogP contribution in [0.4, 0.5) is 16.0 Å². The maximum Gasteiger partial charge on any atom is 0.256 e. The summed E-state index contributed by atoms with van der Waals surface area (Å²) in [5.74, 6) is 0.680. The molecule has 3 rings (SSSR count). The fourth-order valence-electron chi connectivity index (χ4n) is 1.90. The van der Waals surface area contributed by atoms with Crippen molar-refractivity contribution in [2.24, 2.45) is 0 Å². The number of benzene rings is 1. The molecule has 2 aromatic heterocycles. The Morgan fingerprint density at radius 2 is 1.91 bits per heavy atom. The number of halogens is 1. The van der Waals surface area contributed by atoms with Crippen LogP contribution in [0.1, 0.15) is 16.1 Å². The summed E-state index contributed by atoms with van der Waals surface area (Å²) >= 11 is 0. The molecule has 116 valence electrons. The minimum absolute atomic E-state index is 0.215. The van der Waals surface area contributed by atoms with Gasteiger partial charge in [0, 0.05) is 5.56 Å². The zero-order valence-electron chi connectivity index (χ0n) is 12.0. The van der Waals surface area contributed by atoms with Crippen molar-refractivity contribution in [1.82, 2.24) is 10.2 Å². The quantitative estimate of drug-likeness (QED) is 0.757. The van der Waals surface area contributed by atoms with Crippen LogP contribution >= 0.6 is 0 Å². The van der Waals surface area contributed by atoms with E-state index in [0.717, 1.165) is 11.8 Å². The second-order valence-electron chi connectivity index (χ2n) is 4.70. The fraction of sp³-hybridized carbons (Fsp3) is 0.0625. The molecule has 2 N–H and O–H groups in total. The van der Waals surface area contributed by atoms with E-state index in [4.69, 9.17) is 4.42 Å². The molecule has 0 spiro atoms. The average Bonchev–Trinajstić information content (AvgIpc) is 3.08. The summed E-state index contributed by atoms with van der Waals surface area (Å²) in [5, 5.41) is 13.4. The van der Waals surface area contributed by atoms with E-state index >= 15 is 0 Å². The molecule has 7 heteroatoms. The highest BCUT2D eigenvalue weighted by atomic mass is 19.1. The first-order valence-electron chi connectivity index (χ1n) is 6.87. The highest BCUT2D eigenvalue weighted by Crippen LogP contribution is 2.10. The summed E-state index contributed by atoms with van der Waals surface area (Å²) in [5.41, 5.74) is 0.215. The molecule has 2 heterocycles. The van der Waals surface area contributed by atoms with E-state index in [9.17, 15) is 9.18 Å². The second kappa shape index (κ2) is 6.69. The molecule has 0 aliphatic carbocycles. The highest BCUT2D eigenvalue weighted by Gasteiger charge is 2.08. The standard InChI is InChI=1S/C16H13FN4O2/c17-12-4-1-3-11(9-12)16(22)19-15-7-6-14(20-21-15)18-10-13-5-2-8-23-13/h1-9H,10H2,(H,18,20)(H,19,21,22). The summed E-state index contributed by atoms with van der Waals surface area (Å²) in [6.07, 6.45) is 1.59. The molecule has 6 nitrogen and oxygen atoms in total. The normalized spacial score (nSPS) is 10.3. The van der Waals surface area contributed by atoms with Crippen LogP contribution in [0.5, 0.6) is 0 Å². The van der Waals surface area contributed by atoms with Gasteiger partial charge in [-0.1, -0.05) is 6.07 Å². The van der Waals surface area contributed by atoms with Crippen LogP contribution in [-0.4, -0.2) is 16.1 Å². The van der Waals surface area contributed by atoms with Crippen LogP contribution in [0.3, 0.4) is 0 Å². The third-order valence-corrected chi connectivity index (χ3v) is 3.02. The zero-order chi connectivity index (χ0) is 16.1. The van der Waals surface area contributed by atoms with Gasteiger partial charge in [-0.15, -0.1) is 10.2 Å². The van der Waals surface area contributed by atoms with Crippen molar-refractivity contribution < 1.29 is 13.6 Å². The van der Waals surface area contributed by atoms with Crippen molar-refractivity contribution in [3.63, 3.8) is 0 Å². The number of hydrogen-bond donors (Lipinski definition) is 2. The molecule has 23 heavy (non-hydrogen) atoms. The van der Waals surface area contributed by atoms with Crippen LogP contribution in [0.15, 0.2) is 59.2 Å². The molecule has 0 atom stereocenters. The predicted molar refractivity (Wildman–Crippen MR) is 82.4 cm³/mol. The van der Waals surface area contributed by atoms with Crippen LogP contribution in [0.25, 0.3) is 0 Å². The van der Waals surface area contributed by atoms with Gasteiger partial charge in [0.05, 0.1) is 12.8 Å². The van der Waals surface area contributed by atoms with Gasteiger partial charge in [0.2, 0.25) is 0 Å². The van der Waals surface area contributed by atoms with Crippen LogP contribution < -0.4 is 10.6 Å². The van der Waals surface area contributed by atoms with Gasteiger partial charge >= 0.3 is 0 Å². The molecule has 0 fully saturated rings. The van der Waals surface area contributed by atoms with Gasteiger partial charge < -0.3 is 15.1 Å². The molecule has 0 aliphatic heterocycles. The number of anilines is 2. The third-order valence-electron chi connectivity index (χ3n) is 3.02. The molecule has 3 aromatic rings. The van der Waals surface area contributed by atoms with Crippen molar-refractivity contribution >= 4 is 17.5 Å². The maximum absolute atomic E-state index is 13.1. The van der Waals surface area contributed by atoms with Gasteiger partial charge in [-0.25, -0.2) is 4.39 Å². The first-order chi connectivity index (χ1) is 11.2. The lowest BCUT2D eigenvalue weighted by Gasteiger charge is -2.06. The maximum atomic E-state index is 13.1. The van der Waals surface area contributed by atoms with E-state index in [0.29, 0.717) is 12.4 Å². The van der Waals surface area contributed by atoms with E-state index in [1.165, 1.54) is 18.2 Å². The Morgan fingerprint density at radius 1 is 1.09 bits per heavy atom. The minimum atomic E-state index is -0.471. The van der Waals surface area contributed by atoms with Gasteiger partial charge in [-0.05, 0) is 42.5 Å². The number of amides is 1. The number of furan rings is 1. The first kappa shape index (κ1) is 14.7. The lowest BCUT2D eigenvalue weighted by Crippen LogP contribution is -2.14. The van der Waals surface area contributed by atoms with E-state index in [1.807, 2.05) is 6.07 Å². The van der Waals surface area contributed by atoms with Gasteiger partial charge in [0.15, 0.2) is 5.82 Å². The largest absolute Gasteiger partial charge is 0.467 e. The van der Waals surface area contributed by atoms with Crippen LogP contribution in [-0.2, 0) is 6.54 Å². The van der Waals surface area contributed by atoms with Crippen molar-refractivity contribution in [2.45, 2.75) is 6.54 Å². The number of nitrogens with zero attached hydrogens (tertiary/aromatic N) is 2. The Labute approximate surface area is 131 Å². The Hall–Kier alpha value is -3.22. The van der Waals surface area contributed by atoms with Crippen LogP contribution in [0.2, 0.25) is 0 Å². The number of aromatic nitrogens is 2. The average molecular weight is 312 g/mol. The van der Waals surface area contributed by atoms with E-state index in [1.54, 1.807) is 24.5 Å². The Kier molecular flexibility index (Phi) is 4.28. The summed E-state index contributed by atoms with van der Waals surface area (Å²) in [4.78, 5) is 12.0. The molecule has 0 radical (unpaired) electrons. The Bertz CT molecular complexity index is 788. The first-order valence-corrected chi connectivity index (χ1v) is 6.87. The predicted octanol–water partition coefficient (Wildman–Crippen LogP) is 3.07. The summed E-state index contributed by atoms with van der Waals surface area (Å²) in [6.45, 7) is 0.483. The van der Waals surface area contributed by atoms with Gasteiger partial charge in [-0.3, -0.25) is 4.79 Å². The molecular weight excluding hydrogens is 299 g/mol. The highest BCUT2D eigenvalue weighted by molar-refractivity contribution is 6.03. The van der Waals surface area contributed by atoms with Crippen molar-refractivity contribution in [3.8, 4) is 0 Å². The summed E-state index contributed by atoms with van der Waals surface area (Å²) in [7, 11) is 0. The summed E-state index contributed by atoms with van der Waals surface area (Å²) in [6, 6.07) is 12.3. The lowest BCUT2D eigenvalue weighted by atomic mass is 10.2. The zero-order valence-corrected chi connectivity index (χ0v) is 12.0. The molecule has 1 aromatic carbocycles. The number of nitrogens with one attached hydrogen (secondary N) is 2. The molecule has 0 saturated carbocycles. The molecule has 1 amide bonds. The van der Waals surface area contributed by atoms with E-state index in [2.05, 4.69) is 20.8 Å². The lowest BCUT2D eigenvalue weighted by molar-refractivity contribution is 0.102. The number of carbonyl (C=O) groups excluding carboxylic acids is 1. The van der Waals surface area contributed by atoms with Gasteiger partial charge in [-0.2, -0.15) is 0 Å². The van der Waals surface area contributed by atoms with Crippen molar-refractivity contribution in [3.05, 3.63) is 71.9 Å². The van der Waals surface area contributed by atoms with Gasteiger partial charge in [0.1, 0.15) is 17.4 Å². The molecule has 0 bridgehead atoms. The summed E-state index contributed by atoms with van der Waals surface area (Å²) < 4.78 is 18.3. The van der Waals surface area contributed by atoms with Crippen molar-refractivity contribution in [1.29, 1.82) is 0 Å². The number of hydrogen-bond acceptors (Lipinski definition) is 5. The SMILES string of the molecule is O=C(Nc1ccc(NCc2ccco2)nn1)c1cccc(F)c1. The topological polar surface area (TPSA) is 80.0 Å². The molecule has 0 aliphatic rings. The molecular formula is C16H13FN4O2. The van der Waals surface area contributed by atoms with Gasteiger partial charge in [0.25, 0.3) is 5.91 Å². The fourth-order valence-corrected chi connectivity index (χ4v) is 1.90. The monoisotopic (exact) mass is 312 g/mol. The minimum Gasteiger partial charge on any atom is -0.467 e. The Balaban J connectivity index is 1.59. The van der Waals surface area contributed by atoms with Crippen molar-refractivity contribution in [2.75, 3.05) is 10.6 Å². The number of carbonyl (C=O) groups is 1. The third kappa shape index (κ3) is 3.91. The second-order valence-corrected chi connectivity index (χ2v) is 4.70. The van der Waals surface area contributed by atoms with Crippen LogP contribution in [0, 0.1) is 5.82 Å².